The van der Waals surface area contributed by atoms with E-state index < -0.39 is 11.9 Å². The van der Waals surface area contributed by atoms with Crippen LogP contribution in [0.5, 0.6) is 0 Å². The molecule has 0 radical (unpaired) electrons. The number of nitrogens with two attached hydrogens (primary N) is 2. The minimum Gasteiger partial charge on any atom is -0.368 e. The summed E-state index contributed by atoms with van der Waals surface area (Å²) in [4.78, 5) is 10.7. The summed E-state index contributed by atoms with van der Waals surface area (Å²) in [5.41, 5.74) is 10.6. The van der Waals surface area contributed by atoms with Crippen LogP contribution in [0.4, 0.5) is 0 Å². The highest BCUT2D eigenvalue weighted by atomic mass is 127. The number of primary amides is 1. The van der Waals surface area contributed by atoms with Crippen LogP contribution in [-0.4, -0.2) is 20.3 Å². The van der Waals surface area contributed by atoms with E-state index >= 15 is 0 Å². The lowest BCUT2D eigenvalue weighted by Crippen LogP contribution is -2.45. The SMILES string of the molecule is CC(CI)C(I)[C@H](N)C(N)=O. The highest BCUT2D eigenvalue weighted by Crippen LogP contribution is 2.18. The van der Waals surface area contributed by atoms with E-state index in [9.17, 15) is 4.79 Å². The minimum atomic E-state index is -0.514. The van der Waals surface area contributed by atoms with Crippen LogP contribution in [0.1, 0.15) is 6.92 Å². The number of carbonyl (C=O) groups excluding carboxylic acids is 1. The summed E-state index contributed by atoms with van der Waals surface area (Å²) in [6, 6.07) is -0.514. The molecule has 66 valence electrons. The number of amides is 1. The lowest BCUT2D eigenvalue weighted by atomic mass is 10.0. The molecule has 2 unspecified atom stereocenters. The molecule has 1 amide bonds. The van der Waals surface area contributed by atoms with Crippen LogP contribution in [0.25, 0.3) is 0 Å². The number of hydrogen-bond donors (Lipinski definition) is 2. The van der Waals surface area contributed by atoms with Gasteiger partial charge in [-0.25, -0.2) is 0 Å². The van der Waals surface area contributed by atoms with Crippen LogP contribution in [0.3, 0.4) is 0 Å². The van der Waals surface area contributed by atoms with Crippen molar-refractivity contribution in [2.45, 2.75) is 16.9 Å². The maximum atomic E-state index is 10.7. The van der Waals surface area contributed by atoms with Gasteiger partial charge in [-0.05, 0) is 5.92 Å². The number of rotatable bonds is 4. The second-order valence-electron chi connectivity index (χ2n) is 2.50. The monoisotopic (exact) mass is 382 g/mol. The third kappa shape index (κ3) is 3.88. The van der Waals surface area contributed by atoms with Gasteiger partial charge in [-0.2, -0.15) is 0 Å². The molecule has 0 heterocycles. The van der Waals surface area contributed by atoms with Crippen molar-refractivity contribution in [1.29, 1.82) is 0 Å². The Morgan fingerprint density at radius 3 is 2.36 bits per heavy atom. The zero-order valence-electron chi connectivity index (χ0n) is 6.26. The fourth-order valence-corrected chi connectivity index (χ4v) is 2.73. The Morgan fingerprint density at radius 1 is 1.64 bits per heavy atom. The van der Waals surface area contributed by atoms with Crippen molar-refractivity contribution < 1.29 is 4.79 Å². The molecule has 0 aromatic heterocycles. The number of hydrogen-bond acceptors (Lipinski definition) is 2. The van der Waals surface area contributed by atoms with Crippen molar-refractivity contribution in [3.63, 3.8) is 0 Å². The molecule has 0 fully saturated rings. The molecule has 0 aliphatic rings. The van der Waals surface area contributed by atoms with Crippen LogP contribution in [-0.2, 0) is 4.79 Å². The average Bonchev–Trinajstić information content (AvgIpc) is 2.00. The molecule has 11 heavy (non-hydrogen) atoms. The van der Waals surface area contributed by atoms with Crippen LogP contribution < -0.4 is 11.5 Å². The molecule has 0 saturated heterocycles. The Morgan fingerprint density at radius 2 is 2.09 bits per heavy atom. The van der Waals surface area contributed by atoms with E-state index in [0.29, 0.717) is 5.92 Å². The highest BCUT2D eigenvalue weighted by Gasteiger charge is 2.24. The molecular formula is C6H12I2N2O. The predicted octanol–water partition coefficient (Wildman–Crippen LogP) is 0.674. The van der Waals surface area contributed by atoms with E-state index in [1.54, 1.807) is 0 Å². The van der Waals surface area contributed by atoms with Gasteiger partial charge in [-0.1, -0.05) is 52.1 Å². The fraction of sp³-hybridized carbons (Fsp3) is 0.833. The average molecular weight is 382 g/mol. The van der Waals surface area contributed by atoms with E-state index in [1.807, 2.05) is 0 Å². The largest absolute Gasteiger partial charge is 0.368 e. The normalized spacial score (nSPS) is 18.9. The molecule has 0 aliphatic heterocycles. The first kappa shape index (κ1) is 11.9. The summed E-state index contributed by atoms with van der Waals surface area (Å²) in [5.74, 6) is 0.0137. The summed E-state index contributed by atoms with van der Waals surface area (Å²) in [6.45, 7) is 2.06. The van der Waals surface area contributed by atoms with Crippen LogP contribution in [0.15, 0.2) is 0 Å². The molecule has 4 N–H and O–H groups in total. The zero-order chi connectivity index (χ0) is 9.02. The molecule has 0 aromatic rings. The van der Waals surface area contributed by atoms with E-state index in [-0.39, 0.29) is 3.92 Å². The van der Waals surface area contributed by atoms with Gasteiger partial charge in [-0.3, -0.25) is 4.79 Å². The van der Waals surface area contributed by atoms with Crippen molar-refractivity contribution in [1.82, 2.24) is 0 Å². The van der Waals surface area contributed by atoms with Gasteiger partial charge in [0.25, 0.3) is 0 Å². The van der Waals surface area contributed by atoms with Gasteiger partial charge in [-0.15, -0.1) is 0 Å². The van der Waals surface area contributed by atoms with Crippen LogP contribution >= 0.6 is 45.2 Å². The Kier molecular flexibility index (Phi) is 5.97. The topological polar surface area (TPSA) is 69.1 Å². The first-order valence-electron chi connectivity index (χ1n) is 3.25. The standard InChI is InChI=1S/C6H12I2N2O/c1-3(2-7)4(8)5(9)6(10)11/h3-5H,2,9H2,1H3,(H2,10,11)/t3?,4?,5-/m0/s1. The Bertz CT molecular complexity index is 143. The van der Waals surface area contributed by atoms with Gasteiger partial charge in [0.15, 0.2) is 0 Å². The quantitative estimate of drug-likeness (QED) is 0.555. The summed E-state index contributed by atoms with van der Waals surface area (Å²) in [6.07, 6.45) is 0. The van der Waals surface area contributed by atoms with E-state index in [1.165, 1.54) is 0 Å². The molecule has 0 bridgehead atoms. The third-order valence-electron chi connectivity index (χ3n) is 1.46. The summed E-state index contributed by atoms with van der Waals surface area (Å²) in [7, 11) is 0. The van der Waals surface area contributed by atoms with Crippen LogP contribution in [0.2, 0.25) is 0 Å². The van der Waals surface area contributed by atoms with Gasteiger partial charge in [0.05, 0.1) is 6.04 Å². The maximum Gasteiger partial charge on any atom is 0.235 e. The molecule has 3 atom stereocenters. The van der Waals surface area contributed by atoms with Crippen LogP contribution in [0, 0.1) is 5.92 Å². The van der Waals surface area contributed by atoms with Gasteiger partial charge >= 0.3 is 0 Å². The molecule has 0 rings (SSSR count). The predicted molar refractivity (Wildman–Crippen MR) is 63.0 cm³/mol. The molecule has 5 heteroatoms. The zero-order valence-corrected chi connectivity index (χ0v) is 10.6. The van der Waals surface area contributed by atoms with Gasteiger partial charge < -0.3 is 11.5 Å². The second kappa shape index (κ2) is 5.52. The lowest BCUT2D eigenvalue weighted by Gasteiger charge is -2.19. The van der Waals surface area contributed by atoms with Crippen molar-refractivity contribution in [3.05, 3.63) is 0 Å². The van der Waals surface area contributed by atoms with Crippen molar-refractivity contribution in [2.24, 2.45) is 17.4 Å². The highest BCUT2D eigenvalue weighted by molar-refractivity contribution is 14.1. The molecule has 0 aliphatic carbocycles. The Hall–Kier alpha value is 0.890. The maximum absolute atomic E-state index is 10.7. The number of carbonyl (C=O) groups is 1. The van der Waals surface area contributed by atoms with E-state index in [4.69, 9.17) is 11.5 Å². The summed E-state index contributed by atoms with van der Waals surface area (Å²) in [5, 5.41) is 0. The lowest BCUT2D eigenvalue weighted by molar-refractivity contribution is -0.119. The summed E-state index contributed by atoms with van der Waals surface area (Å²) >= 11 is 4.45. The van der Waals surface area contributed by atoms with Gasteiger partial charge in [0.2, 0.25) is 5.91 Å². The number of halogens is 2. The minimum absolute atomic E-state index is 0.141. The molecule has 3 nitrogen and oxygen atoms in total. The molecule has 0 saturated carbocycles. The van der Waals surface area contributed by atoms with Crippen molar-refractivity contribution >= 4 is 51.1 Å². The summed E-state index contributed by atoms with van der Waals surface area (Å²) < 4.78 is 1.13. The molecular weight excluding hydrogens is 370 g/mol. The first-order chi connectivity index (χ1) is 5.00. The van der Waals surface area contributed by atoms with Gasteiger partial charge in [0, 0.05) is 8.35 Å². The van der Waals surface area contributed by atoms with Gasteiger partial charge in [0.1, 0.15) is 0 Å². The smallest absolute Gasteiger partial charge is 0.235 e. The molecule has 0 aromatic carbocycles. The first-order valence-corrected chi connectivity index (χ1v) is 6.02. The Balaban J connectivity index is 4.00. The van der Waals surface area contributed by atoms with Crippen molar-refractivity contribution in [3.8, 4) is 0 Å². The third-order valence-corrected chi connectivity index (χ3v) is 4.85. The number of alkyl halides is 2. The Labute approximate surface area is 93.9 Å². The second-order valence-corrected chi connectivity index (χ2v) is 4.82. The fourth-order valence-electron chi connectivity index (χ4n) is 0.596. The van der Waals surface area contributed by atoms with E-state index in [0.717, 1.165) is 4.43 Å². The van der Waals surface area contributed by atoms with E-state index in [2.05, 4.69) is 52.1 Å². The molecule has 0 spiro atoms. The van der Waals surface area contributed by atoms with Crippen molar-refractivity contribution in [2.75, 3.05) is 4.43 Å².